The molecule has 1 aromatic carbocycles. The SMILES string of the molecule is CCC(C)Nc1ccnc(Nc2ccc(F)cc2F)n1. The lowest BCUT2D eigenvalue weighted by molar-refractivity contribution is 0.586. The zero-order valence-electron chi connectivity index (χ0n) is 11.3. The van der Waals surface area contributed by atoms with Gasteiger partial charge < -0.3 is 10.6 Å². The van der Waals surface area contributed by atoms with Crippen molar-refractivity contribution in [2.45, 2.75) is 26.3 Å². The molecule has 0 bridgehead atoms. The van der Waals surface area contributed by atoms with E-state index in [-0.39, 0.29) is 17.7 Å². The minimum absolute atomic E-state index is 0.132. The first kappa shape index (κ1) is 14.2. The second-order valence-corrected chi connectivity index (χ2v) is 4.47. The molecular formula is C14H16F2N4. The molecule has 0 aliphatic rings. The van der Waals surface area contributed by atoms with Gasteiger partial charge >= 0.3 is 0 Å². The molecule has 0 aliphatic heterocycles. The van der Waals surface area contributed by atoms with Crippen LogP contribution in [0.4, 0.5) is 26.2 Å². The summed E-state index contributed by atoms with van der Waals surface area (Å²) in [6.45, 7) is 4.10. The van der Waals surface area contributed by atoms with Gasteiger partial charge in [-0.1, -0.05) is 6.92 Å². The van der Waals surface area contributed by atoms with E-state index in [4.69, 9.17) is 0 Å². The van der Waals surface area contributed by atoms with Gasteiger partial charge in [0.05, 0.1) is 5.69 Å². The fourth-order valence-electron chi connectivity index (χ4n) is 1.57. The molecule has 0 amide bonds. The molecule has 20 heavy (non-hydrogen) atoms. The van der Waals surface area contributed by atoms with E-state index in [1.54, 1.807) is 12.3 Å². The van der Waals surface area contributed by atoms with Gasteiger partial charge in [0.15, 0.2) is 0 Å². The van der Waals surface area contributed by atoms with Crippen LogP contribution < -0.4 is 10.6 Å². The van der Waals surface area contributed by atoms with Gasteiger partial charge in [-0.15, -0.1) is 0 Å². The molecular weight excluding hydrogens is 262 g/mol. The second-order valence-electron chi connectivity index (χ2n) is 4.47. The van der Waals surface area contributed by atoms with Crippen molar-refractivity contribution in [3.05, 3.63) is 42.1 Å². The minimum atomic E-state index is -0.686. The van der Waals surface area contributed by atoms with Gasteiger partial charge in [0, 0.05) is 18.3 Å². The lowest BCUT2D eigenvalue weighted by Gasteiger charge is -2.13. The highest BCUT2D eigenvalue weighted by Gasteiger charge is 2.07. The Morgan fingerprint density at radius 2 is 2.05 bits per heavy atom. The number of benzene rings is 1. The third-order valence-corrected chi connectivity index (χ3v) is 2.84. The topological polar surface area (TPSA) is 49.8 Å². The summed E-state index contributed by atoms with van der Waals surface area (Å²) in [5, 5.41) is 5.92. The van der Waals surface area contributed by atoms with Crippen molar-refractivity contribution < 1.29 is 8.78 Å². The summed E-state index contributed by atoms with van der Waals surface area (Å²) in [5.74, 6) is -0.404. The van der Waals surface area contributed by atoms with Crippen molar-refractivity contribution in [3.63, 3.8) is 0 Å². The zero-order valence-corrected chi connectivity index (χ0v) is 11.3. The molecule has 0 aliphatic carbocycles. The van der Waals surface area contributed by atoms with E-state index >= 15 is 0 Å². The summed E-state index contributed by atoms with van der Waals surface area (Å²) in [4.78, 5) is 8.23. The molecule has 106 valence electrons. The van der Waals surface area contributed by atoms with Crippen LogP contribution in [0.5, 0.6) is 0 Å². The van der Waals surface area contributed by atoms with Crippen molar-refractivity contribution in [1.29, 1.82) is 0 Å². The molecule has 4 nitrogen and oxygen atoms in total. The van der Waals surface area contributed by atoms with E-state index in [0.29, 0.717) is 5.82 Å². The third-order valence-electron chi connectivity index (χ3n) is 2.84. The number of aromatic nitrogens is 2. The average molecular weight is 278 g/mol. The maximum absolute atomic E-state index is 13.5. The van der Waals surface area contributed by atoms with Crippen LogP contribution in [0.3, 0.4) is 0 Å². The van der Waals surface area contributed by atoms with Gasteiger partial charge in [-0.05, 0) is 31.5 Å². The summed E-state index contributed by atoms with van der Waals surface area (Å²) in [5.41, 5.74) is 0.132. The van der Waals surface area contributed by atoms with E-state index < -0.39 is 11.6 Å². The van der Waals surface area contributed by atoms with Crippen LogP contribution in [0, 0.1) is 11.6 Å². The molecule has 2 rings (SSSR count). The Morgan fingerprint density at radius 3 is 2.75 bits per heavy atom. The standard InChI is InChI=1S/C14H16F2N4/c1-3-9(2)18-13-6-7-17-14(20-13)19-12-5-4-10(15)8-11(12)16/h4-9H,3H2,1-2H3,(H2,17,18,19,20). The lowest BCUT2D eigenvalue weighted by atomic mass is 10.2. The number of halogens is 2. The molecule has 0 radical (unpaired) electrons. The Hall–Kier alpha value is -2.24. The molecule has 0 fully saturated rings. The number of nitrogens with one attached hydrogen (secondary N) is 2. The Kier molecular flexibility index (Phi) is 4.45. The molecule has 0 saturated heterocycles. The molecule has 0 spiro atoms. The first-order valence-corrected chi connectivity index (χ1v) is 6.40. The largest absolute Gasteiger partial charge is 0.367 e. The Bertz CT molecular complexity index is 589. The highest BCUT2D eigenvalue weighted by Crippen LogP contribution is 2.19. The quantitative estimate of drug-likeness (QED) is 0.875. The highest BCUT2D eigenvalue weighted by molar-refractivity contribution is 5.55. The maximum atomic E-state index is 13.5. The van der Waals surface area contributed by atoms with Gasteiger partial charge in [0.2, 0.25) is 5.95 Å². The van der Waals surface area contributed by atoms with E-state index in [0.717, 1.165) is 12.5 Å². The van der Waals surface area contributed by atoms with Gasteiger partial charge in [0.25, 0.3) is 0 Å². The van der Waals surface area contributed by atoms with Gasteiger partial charge in [-0.25, -0.2) is 13.8 Å². The van der Waals surface area contributed by atoms with E-state index in [9.17, 15) is 8.78 Å². The maximum Gasteiger partial charge on any atom is 0.229 e. The van der Waals surface area contributed by atoms with E-state index in [1.165, 1.54) is 12.1 Å². The first-order valence-electron chi connectivity index (χ1n) is 6.40. The second kappa shape index (κ2) is 6.27. The van der Waals surface area contributed by atoms with Crippen molar-refractivity contribution in [2.75, 3.05) is 10.6 Å². The normalized spacial score (nSPS) is 12.0. The third kappa shape index (κ3) is 3.63. The number of hydrogen-bond acceptors (Lipinski definition) is 4. The van der Waals surface area contributed by atoms with Crippen LogP contribution in [-0.2, 0) is 0 Å². The fraction of sp³-hybridized carbons (Fsp3) is 0.286. The Labute approximate surface area is 116 Å². The molecule has 1 unspecified atom stereocenters. The van der Waals surface area contributed by atoms with Crippen LogP contribution in [0.2, 0.25) is 0 Å². The molecule has 1 aromatic heterocycles. The highest BCUT2D eigenvalue weighted by atomic mass is 19.1. The smallest absolute Gasteiger partial charge is 0.229 e. The first-order chi connectivity index (χ1) is 9.58. The van der Waals surface area contributed by atoms with Crippen molar-refractivity contribution >= 4 is 17.5 Å². The number of hydrogen-bond donors (Lipinski definition) is 2. The molecule has 2 aromatic rings. The van der Waals surface area contributed by atoms with E-state index in [1.807, 2.05) is 6.92 Å². The molecule has 2 N–H and O–H groups in total. The van der Waals surface area contributed by atoms with Crippen LogP contribution >= 0.6 is 0 Å². The van der Waals surface area contributed by atoms with Crippen LogP contribution in [0.15, 0.2) is 30.5 Å². The molecule has 0 saturated carbocycles. The van der Waals surface area contributed by atoms with Crippen molar-refractivity contribution in [3.8, 4) is 0 Å². The monoisotopic (exact) mass is 278 g/mol. The summed E-state index contributed by atoms with van der Waals surface area (Å²) >= 11 is 0. The fourth-order valence-corrected chi connectivity index (χ4v) is 1.57. The summed E-state index contributed by atoms with van der Waals surface area (Å²) < 4.78 is 26.4. The van der Waals surface area contributed by atoms with Gasteiger partial charge in [-0.3, -0.25) is 0 Å². The summed E-state index contributed by atoms with van der Waals surface area (Å²) in [7, 11) is 0. The average Bonchev–Trinajstić information content (AvgIpc) is 2.42. The van der Waals surface area contributed by atoms with Crippen molar-refractivity contribution in [1.82, 2.24) is 9.97 Å². The molecule has 1 heterocycles. The van der Waals surface area contributed by atoms with Gasteiger partial charge in [0.1, 0.15) is 17.5 Å². The zero-order chi connectivity index (χ0) is 14.5. The van der Waals surface area contributed by atoms with Crippen molar-refractivity contribution in [2.24, 2.45) is 0 Å². The predicted octanol–water partition coefficient (Wildman–Crippen LogP) is 3.71. The summed E-state index contributed by atoms with van der Waals surface area (Å²) in [6.07, 6.45) is 2.53. The summed E-state index contributed by atoms with van der Waals surface area (Å²) in [6, 6.07) is 5.30. The van der Waals surface area contributed by atoms with Crippen LogP contribution in [-0.4, -0.2) is 16.0 Å². The number of nitrogens with zero attached hydrogens (tertiary/aromatic N) is 2. The van der Waals surface area contributed by atoms with E-state index in [2.05, 4.69) is 27.5 Å². The number of rotatable bonds is 5. The molecule has 1 atom stereocenters. The van der Waals surface area contributed by atoms with Gasteiger partial charge in [-0.2, -0.15) is 4.98 Å². The lowest BCUT2D eigenvalue weighted by Crippen LogP contribution is -2.15. The Balaban J connectivity index is 2.15. The minimum Gasteiger partial charge on any atom is -0.367 e. The van der Waals surface area contributed by atoms with Crippen LogP contribution in [0.1, 0.15) is 20.3 Å². The Morgan fingerprint density at radius 1 is 1.25 bits per heavy atom. The molecule has 6 heteroatoms. The van der Waals surface area contributed by atoms with Crippen LogP contribution in [0.25, 0.3) is 0 Å². The number of anilines is 3. The predicted molar refractivity (Wildman–Crippen MR) is 75.0 cm³/mol.